The van der Waals surface area contributed by atoms with E-state index in [1.807, 2.05) is 45.0 Å². The molecule has 0 saturated heterocycles. The molecule has 114 valence electrons. The zero-order valence-corrected chi connectivity index (χ0v) is 14.8. The van der Waals surface area contributed by atoms with Crippen LogP contribution in [0.15, 0.2) is 24.3 Å². The van der Waals surface area contributed by atoms with Gasteiger partial charge in [0.2, 0.25) is 0 Å². The van der Waals surface area contributed by atoms with Gasteiger partial charge in [0, 0.05) is 12.1 Å². The van der Waals surface area contributed by atoms with Gasteiger partial charge < -0.3 is 10.1 Å². The maximum Gasteiger partial charge on any atom is 0.407 e. The molecule has 0 atom stereocenters. The summed E-state index contributed by atoms with van der Waals surface area (Å²) in [7, 11) is -1.34. The third-order valence-electron chi connectivity index (χ3n) is 2.37. The molecular formula is C17H25NO2Si. The molecule has 4 heteroatoms. The lowest BCUT2D eigenvalue weighted by atomic mass is 10.1. The van der Waals surface area contributed by atoms with Crippen LogP contribution in [0.4, 0.5) is 4.79 Å². The number of rotatable bonds is 2. The molecule has 0 aromatic heterocycles. The minimum Gasteiger partial charge on any atom is -0.444 e. The monoisotopic (exact) mass is 303 g/mol. The van der Waals surface area contributed by atoms with E-state index in [0.717, 1.165) is 11.1 Å². The number of amides is 1. The summed E-state index contributed by atoms with van der Waals surface area (Å²) in [6.45, 7) is 12.7. The minimum absolute atomic E-state index is 0.398. The number of alkyl carbamates (subject to hydrolysis) is 1. The lowest BCUT2D eigenvalue weighted by molar-refractivity contribution is 0.0523. The lowest BCUT2D eigenvalue weighted by Crippen LogP contribution is -2.32. The van der Waals surface area contributed by atoms with Crippen LogP contribution in [-0.2, 0) is 11.3 Å². The molecule has 0 heterocycles. The molecule has 0 unspecified atom stereocenters. The molecule has 0 bridgehead atoms. The van der Waals surface area contributed by atoms with Gasteiger partial charge in [0.25, 0.3) is 0 Å². The maximum absolute atomic E-state index is 11.6. The second-order valence-electron chi connectivity index (χ2n) is 7.05. The van der Waals surface area contributed by atoms with Gasteiger partial charge >= 0.3 is 6.09 Å². The number of ether oxygens (including phenoxy) is 1. The van der Waals surface area contributed by atoms with Crippen LogP contribution in [0.2, 0.25) is 19.6 Å². The predicted octanol–water partition coefficient (Wildman–Crippen LogP) is 3.94. The lowest BCUT2D eigenvalue weighted by Gasteiger charge is -2.19. The highest BCUT2D eigenvalue weighted by Crippen LogP contribution is 2.08. The van der Waals surface area contributed by atoms with Crippen molar-refractivity contribution in [3.8, 4) is 11.5 Å². The fourth-order valence-corrected chi connectivity index (χ4v) is 1.97. The Morgan fingerprint density at radius 1 is 1.19 bits per heavy atom. The number of carbonyl (C=O) groups is 1. The average molecular weight is 303 g/mol. The molecule has 0 aliphatic rings. The van der Waals surface area contributed by atoms with Crippen molar-refractivity contribution < 1.29 is 9.53 Å². The third-order valence-corrected chi connectivity index (χ3v) is 3.25. The Kier molecular flexibility index (Phi) is 5.62. The Balaban J connectivity index is 2.55. The first-order valence-corrected chi connectivity index (χ1v) is 10.6. The van der Waals surface area contributed by atoms with Crippen LogP contribution in [0.1, 0.15) is 31.9 Å². The Hall–Kier alpha value is -1.73. The molecule has 1 rings (SSSR count). The fraction of sp³-hybridized carbons (Fsp3) is 0.471. The molecule has 1 N–H and O–H groups in total. The van der Waals surface area contributed by atoms with Gasteiger partial charge in [-0.15, -0.1) is 5.54 Å². The second kappa shape index (κ2) is 6.82. The molecule has 21 heavy (non-hydrogen) atoms. The van der Waals surface area contributed by atoms with E-state index in [-0.39, 0.29) is 0 Å². The van der Waals surface area contributed by atoms with Gasteiger partial charge in [-0.05, 0) is 38.5 Å². The normalized spacial score (nSPS) is 11.3. The van der Waals surface area contributed by atoms with E-state index in [1.54, 1.807) is 0 Å². The van der Waals surface area contributed by atoms with Crippen molar-refractivity contribution in [2.75, 3.05) is 0 Å². The summed E-state index contributed by atoms with van der Waals surface area (Å²) >= 11 is 0. The topological polar surface area (TPSA) is 38.3 Å². The average Bonchev–Trinajstić information content (AvgIpc) is 2.32. The van der Waals surface area contributed by atoms with Gasteiger partial charge in [-0.2, -0.15) is 0 Å². The van der Waals surface area contributed by atoms with Crippen molar-refractivity contribution in [3.63, 3.8) is 0 Å². The number of carbonyl (C=O) groups excluding carboxylic acids is 1. The summed E-state index contributed by atoms with van der Waals surface area (Å²) in [5.41, 5.74) is 4.90. The summed E-state index contributed by atoms with van der Waals surface area (Å²) in [6.07, 6.45) is -0.398. The smallest absolute Gasteiger partial charge is 0.407 e. The Bertz CT molecular complexity index is 539. The zero-order chi connectivity index (χ0) is 16.1. The van der Waals surface area contributed by atoms with Crippen molar-refractivity contribution in [2.45, 2.75) is 52.6 Å². The quantitative estimate of drug-likeness (QED) is 0.664. The van der Waals surface area contributed by atoms with Gasteiger partial charge in [-0.1, -0.05) is 37.7 Å². The van der Waals surface area contributed by atoms with E-state index in [4.69, 9.17) is 4.74 Å². The van der Waals surface area contributed by atoms with Crippen LogP contribution >= 0.6 is 0 Å². The SMILES string of the molecule is CC(C)(C)OC(=O)NCc1ccc(C#C[Si](C)(C)C)cc1. The van der Waals surface area contributed by atoms with Crippen molar-refractivity contribution >= 4 is 14.2 Å². The van der Waals surface area contributed by atoms with Gasteiger partial charge in [-0.3, -0.25) is 0 Å². The van der Waals surface area contributed by atoms with Crippen LogP contribution < -0.4 is 5.32 Å². The minimum atomic E-state index is -1.34. The van der Waals surface area contributed by atoms with Crippen molar-refractivity contribution in [3.05, 3.63) is 35.4 Å². The molecule has 0 spiro atoms. The highest BCUT2D eigenvalue weighted by Gasteiger charge is 2.15. The van der Waals surface area contributed by atoms with E-state index in [2.05, 4.69) is 36.4 Å². The summed E-state index contributed by atoms with van der Waals surface area (Å²) in [6, 6.07) is 7.93. The standard InChI is InChI=1S/C17H25NO2Si/c1-17(2,3)20-16(19)18-13-15-9-7-14(8-10-15)11-12-21(4,5)6/h7-10H,13H2,1-6H3,(H,18,19). The summed E-state index contributed by atoms with van der Waals surface area (Å²) in [4.78, 5) is 11.6. The van der Waals surface area contributed by atoms with E-state index in [9.17, 15) is 4.79 Å². The molecule has 1 aromatic rings. The highest BCUT2D eigenvalue weighted by molar-refractivity contribution is 6.83. The zero-order valence-electron chi connectivity index (χ0n) is 13.8. The summed E-state index contributed by atoms with van der Waals surface area (Å²) in [5.74, 6) is 3.21. The Morgan fingerprint density at radius 2 is 1.76 bits per heavy atom. The number of hydrogen-bond acceptors (Lipinski definition) is 2. The van der Waals surface area contributed by atoms with Crippen LogP contribution in [-0.4, -0.2) is 19.8 Å². The van der Waals surface area contributed by atoms with E-state index in [0.29, 0.717) is 6.54 Å². The number of nitrogens with one attached hydrogen (secondary N) is 1. The Labute approximate surface area is 129 Å². The van der Waals surface area contributed by atoms with Crippen LogP contribution in [0.25, 0.3) is 0 Å². The molecule has 0 aliphatic carbocycles. The van der Waals surface area contributed by atoms with Crippen LogP contribution in [0.5, 0.6) is 0 Å². The van der Waals surface area contributed by atoms with Gasteiger partial charge in [-0.25, -0.2) is 4.79 Å². The highest BCUT2D eigenvalue weighted by atomic mass is 28.3. The van der Waals surface area contributed by atoms with Crippen molar-refractivity contribution in [2.24, 2.45) is 0 Å². The Morgan fingerprint density at radius 3 is 2.24 bits per heavy atom. The molecular weight excluding hydrogens is 278 g/mol. The second-order valence-corrected chi connectivity index (χ2v) is 11.8. The fourth-order valence-electron chi connectivity index (χ4n) is 1.45. The van der Waals surface area contributed by atoms with Gasteiger partial charge in [0.1, 0.15) is 13.7 Å². The molecule has 0 saturated carbocycles. The molecule has 3 nitrogen and oxygen atoms in total. The first-order valence-electron chi connectivity index (χ1n) is 7.14. The molecule has 1 aromatic carbocycles. The summed E-state index contributed by atoms with van der Waals surface area (Å²) in [5, 5.41) is 2.74. The van der Waals surface area contributed by atoms with E-state index >= 15 is 0 Å². The van der Waals surface area contributed by atoms with E-state index < -0.39 is 19.8 Å². The van der Waals surface area contributed by atoms with Gasteiger partial charge in [0.15, 0.2) is 0 Å². The first-order chi connectivity index (χ1) is 9.55. The van der Waals surface area contributed by atoms with Crippen molar-refractivity contribution in [1.82, 2.24) is 5.32 Å². The van der Waals surface area contributed by atoms with Crippen LogP contribution in [0.3, 0.4) is 0 Å². The predicted molar refractivity (Wildman–Crippen MR) is 89.7 cm³/mol. The number of benzene rings is 1. The van der Waals surface area contributed by atoms with Gasteiger partial charge in [0.05, 0.1) is 0 Å². The van der Waals surface area contributed by atoms with Crippen molar-refractivity contribution in [1.29, 1.82) is 0 Å². The largest absolute Gasteiger partial charge is 0.444 e. The maximum atomic E-state index is 11.6. The summed E-state index contributed by atoms with van der Waals surface area (Å²) < 4.78 is 5.19. The third kappa shape index (κ3) is 8.21. The molecule has 0 fully saturated rings. The molecule has 0 aliphatic heterocycles. The first kappa shape index (κ1) is 17.3. The van der Waals surface area contributed by atoms with E-state index in [1.165, 1.54) is 0 Å². The number of hydrogen-bond donors (Lipinski definition) is 1. The van der Waals surface area contributed by atoms with Crippen LogP contribution in [0, 0.1) is 11.5 Å². The molecule has 1 amide bonds. The molecule has 0 radical (unpaired) electrons.